The normalized spacial score (nSPS) is 11.1. The summed E-state index contributed by atoms with van der Waals surface area (Å²) in [6, 6.07) is 14.4. The third-order valence-electron chi connectivity index (χ3n) is 4.24. The fourth-order valence-electron chi connectivity index (χ4n) is 2.63. The zero-order chi connectivity index (χ0) is 21.9. The average Bonchev–Trinajstić information content (AvgIpc) is 2.71. The van der Waals surface area contributed by atoms with Crippen LogP contribution in [0.5, 0.6) is 5.75 Å². The molecular weight excluding hydrogens is 431 g/mol. The van der Waals surface area contributed by atoms with Crippen LogP contribution in [0, 0.1) is 12.7 Å². The first-order valence-electron chi connectivity index (χ1n) is 8.73. The molecule has 0 aliphatic heterocycles. The van der Waals surface area contributed by atoms with E-state index in [4.69, 9.17) is 16.3 Å². The Bertz CT molecular complexity index is 1200. The van der Waals surface area contributed by atoms with E-state index in [9.17, 15) is 17.6 Å². The molecule has 0 aliphatic rings. The van der Waals surface area contributed by atoms with Gasteiger partial charge >= 0.3 is 0 Å². The summed E-state index contributed by atoms with van der Waals surface area (Å²) < 4.78 is 47.1. The van der Waals surface area contributed by atoms with Crippen molar-refractivity contribution < 1.29 is 22.3 Å². The van der Waals surface area contributed by atoms with Crippen LogP contribution in [0.3, 0.4) is 0 Å². The molecule has 2 N–H and O–H groups in total. The van der Waals surface area contributed by atoms with Gasteiger partial charge in [-0.15, -0.1) is 0 Å². The van der Waals surface area contributed by atoms with Crippen LogP contribution in [0.15, 0.2) is 65.6 Å². The number of hydrogen-bond acceptors (Lipinski definition) is 4. The zero-order valence-corrected chi connectivity index (χ0v) is 17.6. The Labute approximate surface area is 178 Å². The lowest BCUT2D eigenvalue weighted by Gasteiger charge is -2.14. The zero-order valence-electron chi connectivity index (χ0n) is 16.1. The number of nitrogens with one attached hydrogen (secondary N) is 2. The van der Waals surface area contributed by atoms with Crippen LogP contribution < -0.4 is 14.8 Å². The first-order valence-corrected chi connectivity index (χ1v) is 10.6. The molecule has 0 spiro atoms. The van der Waals surface area contributed by atoms with Crippen LogP contribution in [-0.2, 0) is 10.0 Å². The predicted molar refractivity (Wildman–Crippen MR) is 114 cm³/mol. The van der Waals surface area contributed by atoms with Crippen molar-refractivity contribution in [1.82, 2.24) is 0 Å². The van der Waals surface area contributed by atoms with Crippen molar-refractivity contribution in [2.24, 2.45) is 0 Å². The Morgan fingerprint density at radius 2 is 1.67 bits per heavy atom. The molecule has 0 saturated heterocycles. The maximum atomic E-state index is 13.7. The van der Waals surface area contributed by atoms with Gasteiger partial charge < -0.3 is 10.1 Å². The molecule has 0 atom stereocenters. The van der Waals surface area contributed by atoms with Gasteiger partial charge in [0.15, 0.2) is 0 Å². The molecular formula is C21H18ClFN2O4S. The Kier molecular flexibility index (Phi) is 6.28. The second-order valence-electron chi connectivity index (χ2n) is 6.40. The molecule has 0 bridgehead atoms. The smallest absolute Gasteiger partial charge is 0.265 e. The molecule has 1 amide bonds. The molecule has 0 unspecified atom stereocenters. The number of hydrogen-bond donors (Lipinski definition) is 2. The summed E-state index contributed by atoms with van der Waals surface area (Å²) in [6.45, 7) is 1.59. The van der Waals surface area contributed by atoms with Crippen molar-refractivity contribution >= 4 is 38.9 Å². The standard InChI is InChI=1S/C21H18ClFN2O4S/c1-13-3-4-14(11-18(13)23)21(26)24-17-9-10-19(29-2)20(12-17)30(27,28)25-16-7-5-15(22)6-8-16/h3-12,25H,1-2H3,(H,24,26). The van der Waals surface area contributed by atoms with Crippen molar-refractivity contribution in [3.63, 3.8) is 0 Å². The maximum Gasteiger partial charge on any atom is 0.265 e. The molecule has 0 fully saturated rings. The van der Waals surface area contributed by atoms with Crippen molar-refractivity contribution in [3.05, 3.63) is 82.6 Å². The van der Waals surface area contributed by atoms with Crippen LogP contribution >= 0.6 is 11.6 Å². The Hall–Kier alpha value is -3.10. The minimum atomic E-state index is -4.03. The lowest BCUT2D eigenvalue weighted by molar-refractivity contribution is 0.102. The van der Waals surface area contributed by atoms with E-state index in [1.54, 1.807) is 19.1 Å². The largest absolute Gasteiger partial charge is 0.495 e. The summed E-state index contributed by atoms with van der Waals surface area (Å²) in [4.78, 5) is 12.3. The summed E-state index contributed by atoms with van der Waals surface area (Å²) in [5.41, 5.74) is 1.04. The highest BCUT2D eigenvalue weighted by Gasteiger charge is 2.21. The van der Waals surface area contributed by atoms with Gasteiger partial charge in [0.05, 0.1) is 7.11 Å². The topological polar surface area (TPSA) is 84.5 Å². The van der Waals surface area contributed by atoms with Gasteiger partial charge in [0.25, 0.3) is 15.9 Å². The Balaban J connectivity index is 1.89. The molecule has 6 nitrogen and oxygen atoms in total. The number of carbonyl (C=O) groups is 1. The molecule has 30 heavy (non-hydrogen) atoms. The highest BCUT2D eigenvalue weighted by atomic mass is 35.5. The first kappa shape index (κ1) is 21.6. The van der Waals surface area contributed by atoms with Crippen LogP contribution in [-0.4, -0.2) is 21.4 Å². The van der Waals surface area contributed by atoms with Gasteiger partial charge in [-0.3, -0.25) is 9.52 Å². The molecule has 156 valence electrons. The van der Waals surface area contributed by atoms with Gasteiger partial charge in [-0.2, -0.15) is 0 Å². The van der Waals surface area contributed by atoms with E-state index in [1.165, 1.54) is 49.6 Å². The quantitative estimate of drug-likeness (QED) is 0.564. The van der Waals surface area contributed by atoms with Gasteiger partial charge in [0.2, 0.25) is 0 Å². The Morgan fingerprint density at radius 3 is 2.30 bits per heavy atom. The number of sulfonamides is 1. The molecule has 3 aromatic rings. The van der Waals surface area contributed by atoms with E-state index in [-0.39, 0.29) is 21.9 Å². The molecule has 0 aromatic heterocycles. The van der Waals surface area contributed by atoms with E-state index in [0.29, 0.717) is 16.3 Å². The van der Waals surface area contributed by atoms with Crippen LogP contribution in [0.25, 0.3) is 0 Å². The van der Waals surface area contributed by atoms with Crippen molar-refractivity contribution in [2.45, 2.75) is 11.8 Å². The minimum Gasteiger partial charge on any atom is -0.495 e. The molecule has 0 aliphatic carbocycles. The predicted octanol–water partition coefficient (Wildman–Crippen LogP) is 4.85. The van der Waals surface area contributed by atoms with Gasteiger partial charge in [-0.25, -0.2) is 12.8 Å². The third-order valence-corrected chi connectivity index (χ3v) is 5.90. The molecule has 0 heterocycles. The van der Waals surface area contributed by atoms with Crippen molar-refractivity contribution in [1.29, 1.82) is 0 Å². The molecule has 3 aromatic carbocycles. The molecule has 0 radical (unpaired) electrons. The molecule has 0 saturated carbocycles. The number of rotatable bonds is 6. The minimum absolute atomic E-state index is 0.0934. The first-order chi connectivity index (χ1) is 14.2. The number of halogens is 2. The number of carbonyl (C=O) groups excluding carboxylic acids is 1. The van der Waals surface area contributed by atoms with Gasteiger partial charge in [-0.05, 0) is 67.1 Å². The van der Waals surface area contributed by atoms with Gasteiger partial charge in [0.1, 0.15) is 16.5 Å². The highest BCUT2D eigenvalue weighted by Crippen LogP contribution is 2.29. The van der Waals surface area contributed by atoms with Gasteiger partial charge in [0, 0.05) is 22.0 Å². The average molecular weight is 449 g/mol. The summed E-state index contributed by atoms with van der Waals surface area (Å²) in [7, 11) is -2.70. The van der Waals surface area contributed by atoms with Crippen molar-refractivity contribution in [2.75, 3.05) is 17.1 Å². The van der Waals surface area contributed by atoms with E-state index in [2.05, 4.69) is 10.0 Å². The number of methoxy groups -OCH3 is 1. The van der Waals surface area contributed by atoms with Crippen LogP contribution in [0.2, 0.25) is 5.02 Å². The van der Waals surface area contributed by atoms with Gasteiger partial charge in [-0.1, -0.05) is 17.7 Å². The van der Waals surface area contributed by atoms with E-state index in [1.807, 2.05) is 0 Å². The third kappa shape index (κ3) is 4.90. The fourth-order valence-corrected chi connectivity index (χ4v) is 4.01. The number of amides is 1. The summed E-state index contributed by atoms with van der Waals surface area (Å²) in [5.74, 6) is -0.989. The number of benzene rings is 3. The van der Waals surface area contributed by atoms with Crippen LogP contribution in [0.4, 0.5) is 15.8 Å². The lowest BCUT2D eigenvalue weighted by atomic mass is 10.1. The Morgan fingerprint density at radius 1 is 1.00 bits per heavy atom. The second kappa shape index (κ2) is 8.73. The summed E-state index contributed by atoms with van der Waals surface area (Å²) >= 11 is 5.82. The highest BCUT2D eigenvalue weighted by molar-refractivity contribution is 7.92. The van der Waals surface area contributed by atoms with Crippen molar-refractivity contribution in [3.8, 4) is 5.75 Å². The number of ether oxygens (including phenoxy) is 1. The molecule has 3 rings (SSSR count). The molecule has 9 heteroatoms. The lowest BCUT2D eigenvalue weighted by Crippen LogP contribution is -2.16. The summed E-state index contributed by atoms with van der Waals surface area (Å²) in [6.07, 6.45) is 0. The SMILES string of the molecule is COc1ccc(NC(=O)c2ccc(C)c(F)c2)cc1S(=O)(=O)Nc1ccc(Cl)cc1. The second-order valence-corrected chi connectivity index (χ2v) is 8.48. The van der Waals surface area contributed by atoms with Crippen LogP contribution in [0.1, 0.15) is 15.9 Å². The fraction of sp³-hybridized carbons (Fsp3) is 0.0952. The summed E-state index contributed by atoms with van der Waals surface area (Å²) in [5, 5.41) is 3.03. The number of aryl methyl sites for hydroxylation is 1. The van der Waals surface area contributed by atoms with E-state index >= 15 is 0 Å². The maximum absolute atomic E-state index is 13.7. The monoisotopic (exact) mass is 448 g/mol. The number of anilines is 2. The van der Waals surface area contributed by atoms with E-state index < -0.39 is 21.7 Å². The van der Waals surface area contributed by atoms with E-state index in [0.717, 1.165) is 6.07 Å².